The fraction of sp³-hybridized carbons (Fsp3) is 0.444. The summed E-state index contributed by atoms with van der Waals surface area (Å²) in [4.78, 5) is 13.0. The predicted molar refractivity (Wildman–Crippen MR) is 134 cm³/mol. The van der Waals surface area contributed by atoms with E-state index >= 15 is 0 Å². The number of benzene rings is 2. The predicted octanol–water partition coefficient (Wildman–Crippen LogP) is 5.33. The van der Waals surface area contributed by atoms with Crippen LogP contribution in [0.3, 0.4) is 0 Å². The van der Waals surface area contributed by atoms with Gasteiger partial charge in [0.1, 0.15) is 11.9 Å². The number of phenols is 1. The Hall–Kier alpha value is -2.35. The number of allylic oxidation sites excluding steroid dienone is 1. The Bertz CT molecular complexity index is 1320. The van der Waals surface area contributed by atoms with Crippen molar-refractivity contribution < 1.29 is 23.1 Å². The van der Waals surface area contributed by atoms with Gasteiger partial charge in [-0.25, -0.2) is 18.4 Å². The van der Waals surface area contributed by atoms with E-state index in [9.17, 15) is 18.3 Å². The number of sulfonamides is 1. The molecule has 0 spiro atoms. The molecule has 2 aromatic rings. The van der Waals surface area contributed by atoms with E-state index in [2.05, 4.69) is 25.6 Å². The lowest BCUT2D eigenvalue weighted by Gasteiger charge is -2.57. The van der Waals surface area contributed by atoms with Crippen molar-refractivity contribution in [3.8, 4) is 5.75 Å². The third-order valence-electron chi connectivity index (χ3n) is 8.96. The highest BCUT2D eigenvalue weighted by Gasteiger charge is 2.62. The number of primary sulfonamides is 1. The summed E-state index contributed by atoms with van der Waals surface area (Å²) in [5.41, 5.74) is 2.16. The van der Waals surface area contributed by atoms with Crippen LogP contribution in [-0.4, -0.2) is 25.6 Å². The number of nitrogens with two attached hydrogens (primary N) is 1. The Labute approximate surface area is 211 Å². The van der Waals surface area contributed by atoms with Gasteiger partial charge in [0.2, 0.25) is 10.0 Å². The highest BCUT2D eigenvalue weighted by molar-refractivity contribution is 7.89. The van der Waals surface area contributed by atoms with E-state index in [-0.39, 0.29) is 38.3 Å². The summed E-state index contributed by atoms with van der Waals surface area (Å²) in [6.45, 7) is 6.48. The summed E-state index contributed by atoms with van der Waals surface area (Å²) >= 11 is 6.23. The number of hydrogen-bond donors (Lipinski definition) is 2. The highest BCUT2D eigenvalue weighted by Crippen LogP contribution is 2.68. The Morgan fingerprint density at radius 1 is 1.20 bits per heavy atom. The van der Waals surface area contributed by atoms with Crippen LogP contribution in [0.2, 0.25) is 5.02 Å². The van der Waals surface area contributed by atoms with Gasteiger partial charge in [-0.05, 0) is 97.2 Å². The van der Waals surface area contributed by atoms with Crippen molar-refractivity contribution in [2.24, 2.45) is 21.9 Å². The maximum atomic E-state index is 13.2. The van der Waals surface area contributed by atoms with Gasteiger partial charge >= 0.3 is 5.97 Å². The number of aryl methyl sites for hydroxylation is 1. The molecule has 0 aliphatic heterocycles. The van der Waals surface area contributed by atoms with Crippen LogP contribution in [0.4, 0.5) is 0 Å². The Kier molecular flexibility index (Phi) is 5.81. The van der Waals surface area contributed by atoms with Crippen LogP contribution < -0.4 is 5.14 Å². The van der Waals surface area contributed by atoms with Gasteiger partial charge in [0.05, 0.1) is 15.5 Å². The maximum Gasteiger partial charge on any atom is 0.339 e. The Morgan fingerprint density at radius 2 is 1.97 bits per heavy atom. The van der Waals surface area contributed by atoms with E-state index in [0.717, 1.165) is 38.5 Å². The molecule has 0 unspecified atom stereocenters. The zero-order valence-corrected chi connectivity index (χ0v) is 21.2. The summed E-state index contributed by atoms with van der Waals surface area (Å²) in [5, 5.41) is 15.3. The van der Waals surface area contributed by atoms with Crippen LogP contribution in [-0.2, 0) is 21.2 Å². The van der Waals surface area contributed by atoms with Gasteiger partial charge in [-0.2, -0.15) is 0 Å². The summed E-state index contributed by atoms with van der Waals surface area (Å²) < 4.78 is 29.6. The average molecular weight is 516 g/mol. The molecular formula is C27H30ClNO5S. The summed E-state index contributed by atoms with van der Waals surface area (Å²) in [5.74, 6) is 0.273. The lowest BCUT2D eigenvalue weighted by molar-refractivity contribution is -0.0641. The lowest BCUT2D eigenvalue weighted by atomic mass is 9.47. The van der Waals surface area contributed by atoms with E-state index in [0.29, 0.717) is 11.7 Å². The number of phenolic OH excluding ortho intramolecular Hbond substituents is 1. The lowest BCUT2D eigenvalue weighted by Crippen LogP contribution is -2.51. The van der Waals surface area contributed by atoms with E-state index in [1.165, 1.54) is 29.3 Å². The molecule has 3 aliphatic carbocycles. The third-order valence-corrected chi connectivity index (χ3v) is 10.2. The molecule has 6 nitrogen and oxygen atoms in total. The second-order valence-electron chi connectivity index (χ2n) is 10.5. The molecule has 2 fully saturated rings. The zero-order chi connectivity index (χ0) is 25.2. The molecule has 3 aliphatic rings. The SMILES string of the molecule is C=C[C@@]12CCc3cc(O)ccc3[C@H]1CC[C@]1(C)[C@@H](OC(=O)c3cc(S(N)(=O)=O)ccc3Cl)CC[C@H]12. The van der Waals surface area contributed by atoms with Crippen molar-refractivity contribution in [1.82, 2.24) is 0 Å². The minimum Gasteiger partial charge on any atom is -0.508 e. The average Bonchev–Trinajstić information content (AvgIpc) is 3.14. The number of aromatic hydroxyl groups is 1. The molecule has 0 heterocycles. The van der Waals surface area contributed by atoms with E-state index in [4.69, 9.17) is 21.5 Å². The first-order valence-corrected chi connectivity index (χ1v) is 13.9. The van der Waals surface area contributed by atoms with Crippen LogP contribution in [0.1, 0.15) is 66.4 Å². The molecular weight excluding hydrogens is 486 g/mol. The molecule has 0 bridgehead atoms. The van der Waals surface area contributed by atoms with Gasteiger partial charge in [0.25, 0.3) is 0 Å². The third kappa shape index (κ3) is 3.79. The largest absolute Gasteiger partial charge is 0.508 e. The highest BCUT2D eigenvalue weighted by atomic mass is 35.5. The minimum absolute atomic E-state index is 0.00348. The molecule has 5 atom stereocenters. The van der Waals surface area contributed by atoms with Gasteiger partial charge in [0.15, 0.2) is 0 Å². The van der Waals surface area contributed by atoms with Crippen molar-refractivity contribution in [3.05, 3.63) is 70.8 Å². The number of esters is 1. The molecule has 5 rings (SSSR count). The van der Waals surface area contributed by atoms with Gasteiger partial charge in [0, 0.05) is 5.41 Å². The standard InChI is InChI=1S/C27H30ClNO5S/c1-3-27-13-10-16-14-17(30)4-6-19(16)21(27)11-12-26(2)23(27)8-9-24(26)34-25(31)20-15-18(35(29,32)33)5-7-22(20)28/h3-7,14-15,21,23-24,30H,1,8-13H2,2H3,(H2,29,32,33)/t21-,23-,24+,26+,27-/m1/s1. The topological polar surface area (TPSA) is 107 Å². The van der Waals surface area contributed by atoms with Crippen LogP contribution in [0.5, 0.6) is 5.75 Å². The second-order valence-corrected chi connectivity index (χ2v) is 12.5. The van der Waals surface area contributed by atoms with E-state index < -0.39 is 16.0 Å². The minimum atomic E-state index is -3.98. The zero-order valence-electron chi connectivity index (χ0n) is 19.7. The number of ether oxygens (including phenoxy) is 1. The molecule has 2 aromatic carbocycles. The first-order valence-electron chi connectivity index (χ1n) is 12.0. The number of carbonyl (C=O) groups excluding carboxylic acids is 1. The van der Waals surface area contributed by atoms with Crippen molar-refractivity contribution in [2.75, 3.05) is 0 Å². The first kappa shape index (κ1) is 24.3. The van der Waals surface area contributed by atoms with Crippen LogP contribution in [0.15, 0.2) is 53.9 Å². The molecule has 186 valence electrons. The monoisotopic (exact) mass is 515 g/mol. The molecule has 0 radical (unpaired) electrons. The molecule has 0 aromatic heterocycles. The van der Waals surface area contributed by atoms with Gasteiger partial charge in [-0.1, -0.05) is 30.7 Å². The summed E-state index contributed by atoms with van der Waals surface area (Å²) in [6, 6.07) is 9.52. The van der Waals surface area contributed by atoms with Crippen molar-refractivity contribution >= 4 is 27.6 Å². The normalized spacial score (nSPS) is 31.7. The summed E-state index contributed by atoms with van der Waals surface area (Å²) in [6.07, 6.45) is 7.10. The number of fused-ring (bicyclic) bond motifs is 5. The van der Waals surface area contributed by atoms with Gasteiger partial charge in [-0.15, -0.1) is 6.58 Å². The molecule has 8 heteroatoms. The fourth-order valence-electron chi connectivity index (χ4n) is 7.29. The Balaban J connectivity index is 1.44. The molecule has 0 amide bonds. The molecule has 3 N–H and O–H groups in total. The van der Waals surface area contributed by atoms with E-state index in [1.807, 2.05) is 6.07 Å². The van der Waals surface area contributed by atoms with Crippen molar-refractivity contribution in [2.45, 2.75) is 62.4 Å². The first-order chi connectivity index (χ1) is 16.5. The molecule has 2 saturated carbocycles. The van der Waals surface area contributed by atoms with Gasteiger partial charge < -0.3 is 9.84 Å². The fourth-order valence-corrected chi connectivity index (χ4v) is 8.03. The number of carbonyl (C=O) groups is 1. The molecule has 0 saturated heterocycles. The van der Waals surface area contributed by atoms with Gasteiger partial charge in [-0.3, -0.25) is 0 Å². The number of hydrogen-bond acceptors (Lipinski definition) is 5. The van der Waals surface area contributed by atoms with Crippen molar-refractivity contribution in [1.29, 1.82) is 0 Å². The van der Waals surface area contributed by atoms with Crippen molar-refractivity contribution in [3.63, 3.8) is 0 Å². The maximum absolute atomic E-state index is 13.2. The molecule has 35 heavy (non-hydrogen) atoms. The van der Waals surface area contributed by atoms with Crippen LogP contribution in [0, 0.1) is 16.7 Å². The number of halogens is 1. The summed E-state index contributed by atoms with van der Waals surface area (Å²) in [7, 11) is -3.98. The quantitative estimate of drug-likeness (QED) is 0.422. The van der Waals surface area contributed by atoms with Crippen LogP contribution >= 0.6 is 11.6 Å². The van der Waals surface area contributed by atoms with E-state index in [1.54, 1.807) is 6.07 Å². The van der Waals surface area contributed by atoms with Crippen LogP contribution in [0.25, 0.3) is 0 Å². The Morgan fingerprint density at radius 3 is 2.69 bits per heavy atom. The number of rotatable bonds is 4. The smallest absolute Gasteiger partial charge is 0.339 e. The second kappa shape index (κ2) is 8.36.